The van der Waals surface area contributed by atoms with E-state index in [0.717, 1.165) is 40.1 Å². The van der Waals surface area contributed by atoms with Gasteiger partial charge in [-0.25, -0.2) is 4.98 Å². The van der Waals surface area contributed by atoms with Gasteiger partial charge in [0.1, 0.15) is 16.1 Å². The molecule has 0 unspecified atom stereocenters. The number of thiazole rings is 1. The van der Waals surface area contributed by atoms with Gasteiger partial charge < -0.3 is 5.32 Å². The van der Waals surface area contributed by atoms with E-state index >= 15 is 0 Å². The second-order valence-corrected chi connectivity index (χ2v) is 9.00. The van der Waals surface area contributed by atoms with Crippen LogP contribution in [0, 0.1) is 11.3 Å². The van der Waals surface area contributed by atoms with Crippen LogP contribution in [-0.4, -0.2) is 29.4 Å². The zero-order valence-electron chi connectivity index (χ0n) is 15.3. The number of aryl methyl sites for hydroxylation is 1. The molecule has 27 heavy (non-hydrogen) atoms. The van der Waals surface area contributed by atoms with Gasteiger partial charge in [-0.3, -0.25) is 9.69 Å². The fourth-order valence-electron chi connectivity index (χ4n) is 3.40. The molecule has 0 fully saturated rings. The first-order valence-electron chi connectivity index (χ1n) is 8.97. The van der Waals surface area contributed by atoms with Gasteiger partial charge in [0.25, 0.3) is 0 Å². The maximum absolute atomic E-state index is 12.6. The minimum atomic E-state index is -0.0955. The Hall–Kier alpha value is -2.27. The second-order valence-electron chi connectivity index (χ2n) is 6.83. The number of aromatic nitrogens is 1. The van der Waals surface area contributed by atoms with E-state index in [1.54, 1.807) is 22.7 Å². The Bertz CT molecular complexity index is 1010. The number of hydrogen-bond donors (Lipinski definition) is 1. The average molecular weight is 397 g/mol. The number of nitrogens with zero attached hydrogens (tertiary/aromatic N) is 3. The molecule has 7 heteroatoms. The van der Waals surface area contributed by atoms with E-state index in [1.165, 1.54) is 4.88 Å². The highest BCUT2D eigenvalue weighted by Crippen LogP contribution is 2.38. The Balaban J connectivity index is 1.44. The van der Waals surface area contributed by atoms with Crippen LogP contribution in [0.3, 0.4) is 0 Å². The van der Waals surface area contributed by atoms with Crippen molar-refractivity contribution in [3.63, 3.8) is 0 Å². The van der Waals surface area contributed by atoms with Crippen molar-refractivity contribution in [3.8, 4) is 6.07 Å². The highest BCUT2D eigenvalue weighted by Gasteiger charge is 2.24. The number of nitrogens with one attached hydrogen (secondary N) is 1. The molecule has 5 nitrogen and oxygen atoms in total. The van der Waals surface area contributed by atoms with Gasteiger partial charge in [0, 0.05) is 4.88 Å². The van der Waals surface area contributed by atoms with E-state index in [4.69, 9.17) is 4.98 Å². The Morgan fingerprint density at radius 2 is 2.19 bits per heavy atom. The molecule has 0 aliphatic heterocycles. The minimum Gasteiger partial charge on any atom is -0.315 e. The molecule has 138 valence electrons. The Labute approximate surface area is 166 Å². The second kappa shape index (κ2) is 7.39. The van der Waals surface area contributed by atoms with Crippen LogP contribution in [-0.2, 0) is 17.6 Å². The molecule has 0 radical (unpaired) electrons. The van der Waals surface area contributed by atoms with Crippen LogP contribution in [0.25, 0.3) is 10.2 Å². The molecule has 4 rings (SSSR count). The third kappa shape index (κ3) is 3.48. The number of likely N-dealkylation sites (N-methyl/N-ethyl adjacent to an activating group) is 1. The molecule has 2 heterocycles. The number of amides is 1. The van der Waals surface area contributed by atoms with Crippen LogP contribution in [0.5, 0.6) is 0 Å². The molecule has 1 atom stereocenters. The van der Waals surface area contributed by atoms with Crippen molar-refractivity contribution in [2.45, 2.75) is 32.2 Å². The molecular formula is C20H20N4OS2. The number of hydrogen-bond acceptors (Lipinski definition) is 6. The number of carbonyl (C=O) groups is 1. The summed E-state index contributed by atoms with van der Waals surface area (Å²) in [5.41, 5.74) is 2.78. The lowest BCUT2D eigenvalue weighted by Gasteiger charge is -2.22. The Kier molecular flexibility index (Phi) is 4.96. The fourth-order valence-corrected chi connectivity index (χ4v) is 5.74. The highest BCUT2D eigenvalue weighted by atomic mass is 32.1. The van der Waals surface area contributed by atoms with E-state index in [2.05, 4.69) is 24.4 Å². The predicted molar refractivity (Wildman–Crippen MR) is 110 cm³/mol. The summed E-state index contributed by atoms with van der Waals surface area (Å²) in [5, 5.41) is 14.1. The van der Waals surface area contributed by atoms with Crippen LogP contribution in [0.2, 0.25) is 0 Å². The predicted octanol–water partition coefficient (Wildman–Crippen LogP) is 4.35. The SMILES string of the molecule is C[C@H](c1nc2ccccc2s1)N(C)CC(=O)Nc1sc2c(c1C#N)CCC2. The van der Waals surface area contributed by atoms with Crippen molar-refractivity contribution in [3.05, 3.63) is 45.3 Å². The monoisotopic (exact) mass is 396 g/mol. The topological polar surface area (TPSA) is 69.0 Å². The third-order valence-corrected chi connectivity index (χ3v) is 7.42. The van der Waals surface area contributed by atoms with Gasteiger partial charge in [0.2, 0.25) is 5.91 Å². The summed E-state index contributed by atoms with van der Waals surface area (Å²) >= 11 is 3.21. The van der Waals surface area contributed by atoms with E-state index < -0.39 is 0 Å². The van der Waals surface area contributed by atoms with Crippen LogP contribution in [0.4, 0.5) is 5.00 Å². The van der Waals surface area contributed by atoms with Crippen LogP contribution < -0.4 is 5.32 Å². The molecule has 0 saturated carbocycles. The Morgan fingerprint density at radius 1 is 1.37 bits per heavy atom. The molecule has 3 aromatic rings. The van der Waals surface area contributed by atoms with Crippen molar-refractivity contribution >= 4 is 43.8 Å². The molecule has 0 spiro atoms. The average Bonchev–Trinajstić information content (AvgIpc) is 3.34. The molecule has 1 N–H and O–H groups in total. The number of nitriles is 1. The van der Waals surface area contributed by atoms with Gasteiger partial charge in [-0.2, -0.15) is 5.26 Å². The maximum Gasteiger partial charge on any atom is 0.239 e. The summed E-state index contributed by atoms with van der Waals surface area (Å²) in [4.78, 5) is 20.5. The lowest BCUT2D eigenvalue weighted by Crippen LogP contribution is -2.32. The highest BCUT2D eigenvalue weighted by molar-refractivity contribution is 7.18. The molecule has 1 aliphatic carbocycles. The molecule has 0 saturated heterocycles. The molecule has 0 bridgehead atoms. The number of carbonyl (C=O) groups excluding carboxylic acids is 1. The first-order chi connectivity index (χ1) is 13.1. The zero-order valence-corrected chi connectivity index (χ0v) is 16.9. The largest absolute Gasteiger partial charge is 0.315 e. The van der Waals surface area contributed by atoms with E-state index in [0.29, 0.717) is 10.6 Å². The standard InChI is InChI=1S/C20H20N4OS2/c1-12(19-22-15-7-3-4-8-17(15)27-19)24(2)11-18(25)23-20-14(10-21)13-6-5-9-16(13)26-20/h3-4,7-8,12H,5-6,9,11H2,1-2H3,(H,23,25)/t12-/m1/s1. The molecular weight excluding hydrogens is 376 g/mol. The fraction of sp³-hybridized carbons (Fsp3) is 0.350. The van der Waals surface area contributed by atoms with E-state index in [1.807, 2.05) is 30.1 Å². The number of benzene rings is 1. The van der Waals surface area contributed by atoms with Gasteiger partial charge in [0.15, 0.2) is 0 Å². The van der Waals surface area contributed by atoms with Gasteiger partial charge >= 0.3 is 0 Å². The summed E-state index contributed by atoms with van der Waals surface area (Å²) in [7, 11) is 1.93. The summed E-state index contributed by atoms with van der Waals surface area (Å²) in [6.07, 6.45) is 3.06. The van der Waals surface area contributed by atoms with Crippen LogP contribution in [0.15, 0.2) is 24.3 Å². The quantitative estimate of drug-likeness (QED) is 0.696. The van der Waals surface area contributed by atoms with Crippen molar-refractivity contribution in [1.29, 1.82) is 5.26 Å². The summed E-state index contributed by atoms with van der Waals surface area (Å²) < 4.78 is 1.16. The summed E-state index contributed by atoms with van der Waals surface area (Å²) in [6, 6.07) is 10.4. The van der Waals surface area contributed by atoms with Gasteiger partial charge in [-0.05, 0) is 50.9 Å². The minimum absolute atomic E-state index is 0.0388. The van der Waals surface area contributed by atoms with Gasteiger partial charge in [0.05, 0.1) is 28.4 Å². The molecule has 2 aromatic heterocycles. The number of fused-ring (bicyclic) bond motifs is 2. The number of anilines is 1. The molecule has 1 amide bonds. The number of thiophene rings is 1. The smallest absolute Gasteiger partial charge is 0.239 e. The lowest BCUT2D eigenvalue weighted by molar-refractivity contribution is -0.117. The first kappa shape index (κ1) is 18.1. The summed E-state index contributed by atoms with van der Waals surface area (Å²) in [6.45, 7) is 2.32. The van der Waals surface area contributed by atoms with E-state index in [9.17, 15) is 10.1 Å². The Morgan fingerprint density at radius 3 is 2.96 bits per heavy atom. The van der Waals surface area contributed by atoms with Crippen molar-refractivity contribution in [1.82, 2.24) is 9.88 Å². The van der Waals surface area contributed by atoms with Crippen LogP contribution in [0.1, 0.15) is 40.4 Å². The normalized spacial score (nSPS) is 14.3. The molecule has 1 aromatic carbocycles. The third-order valence-electron chi connectivity index (χ3n) is 5.01. The van der Waals surface area contributed by atoms with Crippen molar-refractivity contribution in [2.75, 3.05) is 18.9 Å². The maximum atomic E-state index is 12.6. The van der Waals surface area contributed by atoms with Gasteiger partial charge in [-0.15, -0.1) is 22.7 Å². The molecule has 1 aliphatic rings. The van der Waals surface area contributed by atoms with Crippen molar-refractivity contribution < 1.29 is 4.79 Å². The van der Waals surface area contributed by atoms with Crippen LogP contribution >= 0.6 is 22.7 Å². The first-order valence-corrected chi connectivity index (χ1v) is 10.6. The number of rotatable bonds is 5. The van der Waals surface area contributed by atoms with Gasteiger partial charge in [-0.1, -0.05) is 12.1 Å². The lowest BCUT2D eigenvalue weighted by atomic mass is 10.1. The number of para-hydroxylation sites is 1. The zero-order chi connectivity index (χ0) is 19.0. The summed E-state index contributed by atoms with van der Waals surface area (Å²) in [5.74, 6) is -0.0955. The van der Waals surface area contributed by atoms with Crippen molar-refractivity contribution in [2.24, 2.45) is 0 Å². The van der Waals surface area contributed by atoms with E-state index in [-0.39, 0.29) is 18.5 Å².